The number of carbonyl (C=O) groups excluding carboxylic acids is 1. The van der Waals surface area contributed by atoms with Crippen LogP contribution in [0.1, 0.15) is 54.2 Å². The van der Waals surface area contributed by atoms with Crippen LogP contribution in [0.15, 0.2) is 6.20 Å². The summed E-state index contributed by atoms with van der Waals surface area (Å²) in [4.78, 5) is 14.4. The van der Waals surface area contributed by atoms with Crippen molar-refractivity contribution in [2.75, 3.05) is 19.6 Å². The zero-order valence-corrected chi connectivity index (χ0v) is 10.6. The zero-order chi connectivity index (χ0) is 12.4. The van der Waals surface area contributed by atoms with Gasteiger partial charge in [0.05, 0.1) is 17.5 Å². The van der Waals surface area contributed by atoms with Gasteiger partial charge in [0.15, 0.2) is 0 Å². The topological polar surface area (TPSA) is 61.0 Å². The number of H-pyrrole nitrogens is 1. The summed E-state index contributed by atoms with van der Waals surface area (Å²) in [6, 6.07) is 0.266. The number of aromatic amines is 1. The van der Waals surface area contributed by atoms with Crippen LogP contribution in [0.25, 0.3) is 0 Å². The van der Waals surface area contributed by atoms with E-state index in [4.69, 9.17) is 0 Å². The number of amides is 1. The maximum absolute atomic E-state index is 12.4. The minimum Gasteiger partial charge on any atom is -0.339 e. The average molecular weight is 248 g/mol. The molecule has 0 radical (unpaired) electrons. The first-order valence-electron chi connectivity index (χ1n) is 6.92. The van der Waals surface area contributed by atoms with Crippen LogP contribution in [0, 0.1) is 0 Å². The number of rotatable bonds is 2. The molecule has 2 N–H and O–H groups in total. The van der Waals surface area contributed by atoms with Crippen molar-refractivity contribution in [2.24, 2.45) is 0 Å². The third-order valence-corrected chi connectivity index (χ3v) is 3.95. The molecule has 1 aromatic heterocycles. The third-order valence-electron chi connectivity index (χ3n) is 3.95. The smallest absolute Gasteiger partial charge is 0.257 e. The molecule has 3 rings (SSSR count). The van der Waals surface area contributed by atoms with Crippen molar-refractivity contribution in [1.29, 1.82) is 0 Å². The predicted molar refractivity (Wildman–Crippen MR) is 68.3 cm³/mol. The van der Waals surface area contributed by atoms with Gasteiger partial charge in [-0.3, -0.25) is 9.89 Å². The lowest BCUT2D eigenvalue weighted by molar-refractivity contribution is 0.0790. The second-order valence-electron chi connectivity index (χ2n) is 5.20. The second kappa shape index (κ2) is 5.10. The second-order valence-corrected chi connectivity index (χ2v) is 5.20. The molecule has 0 aromatic carbocycles. The summed E-state index contributed by atoms with van der Waals surface area (Å²) in [5, 5.41) is 10.6. The molecule has 2 aliphatic heterocycles. The molecule has 0 spiro atoms. The number of carbonyl (C=O) groups is 1. The molecule has 98 valence electrons. The van der Waals surface area contributed by atoms with E-state index in [1.54, 1.807) is 6.20 Å². The third kappa shape index (κ3) is 2.14. The molecule has 5 heteroatoms. The summed E-state index contributed by atoms with van der Waals surface area (Å²) in [5.74, 6) is 0.142. The Morgan fingerprint density at radius 2 is 2.11 bits per heavy atom. The molecule has 1 aromatic rings. The fourth-order valence-electron chi connectivity index (χ4n) is 2.92. The van der Waals surface area contributed by atoms with Crippen molar-refractivity contribution in [1.82, 2.24) is 20.4 Å². The van der Waals surface area contributed by atoms with E-state index >= 15 is 0 Å². The minimum absolute atomic E-state index is 0.142. The van der Waals surface area contributed by atoms with Gasteiger partial charge in [0.2, 0.25) is 0 Å². The quantitative estimate of drug-likeness (QED) is 0.833. The number of aromatic nitrogens is 2. The summed E-state index contributed by atoms with van der Waals surface area (Å²) >= 11 is 0. The fourth-order valence-corrected chi connectivity index (χ4v) is 2.92. The predicted octanol–water partition coefficient (Wildman–Crippen LogP) is 1.46. The van der Waals surface area contributed by atoms with E-state index in [0.29, 0.717) is 0 Å². The van der Waals surface area contributed by atoms with Gasteiger partial charge in [0.1, 0.15) is 0 Å². The van der Waals surface area contributed by atoms with Crippen molar-refractivity contribution in [2.45, 2.75) is 38.1 Å². The van der Waals surface area contributed by atoms with Crippen molar-refractivity contribution in [3.63, 3.8) is 0 Å². The Morgan fingerprint density at radius 3 is 2.83 bits per heavy atom. The molecule has 0 bridgehead atoms. The van der Waals surface area contributed by atoms with Crippen LogP contribution in [0.4, 0.5) is 0 Å². The first-order valence-corrected chi connectivity index (χ1v) is 6.92. The van der Waals surface area contributed by atoms with Gasteiger partial charge in [-0.15, -0.1) is 0 Å². The normalized spacial score (nSPS) is 24.4. The standard InChI is InChI=1S/C13H20N4O/c18-13(17-7-3-4-8-17)10-9-15-16-12(10)11-5-1-2-6-14-11/h9,11,14H,1-8H2,(H,15,16)/t11-/m0/s1. The Balaban J connectivity index is 1.79. The molecule has 18 heavy (non-hydrogen) atoms. The van der Waals surface area contributed by atoms with Gasteiger partial charge >= 0.3 is 0 Å². The van der Waals surface area contributed by atoms with Crippen molar-refractivity contribution in [3.05, 3.63) is 17.5 Å². The van der Waals surface area contributed by atoms with Crippen molar-refractivity contribution in [3.8, 4) is 0 Å². The van der Waals surface area contributed by atoms with Crippen LogP contribution in [-0.4, -0.2) is 40.6 Å². The van der Waals surface area contributed by atoms with Gasteiger partial charge in [0.25, 0.3) is 5.91 Å². The molecular weight excluding hydrogens is 228 g/mol. The molecule has 3 heterocycles. The van der Waals surface area contributed by atoms with Crippen molar-refractivity contribution >= 4 is 5.91 Å². The minimum atomic E-state index is 0.142. The lowest BCUT2D eigenvalue weighted by Gasteiger charge is -2.24. The van der Waals surface area contributed by atoms with E-state index in [1.807, 2.05) is 4.90 Å². The van der Waals surface area contributed by atoms with Crippen LogP contribution in [0.5, 0.6) is 0 Å². The lowest BCUT2D eigenvalue weighted by atomic mass is 9.99. The van der Waals surface area contributed by atoms with E-state index in [2.05, 4.69) is 15.5 Å². The van der Waals surface area contributed by atoms with Gasteiger partial charge in [-0.05, 0) is 32.2 Å². The summed E-state index contributed by atoms with van der Waals surface area (Å²) in [5.41, 5.74) is 1.74. The first-order chi connectivity index (χ1) is 8.86. The largest absolute Gasteiger partial charge is 0.339 e. The molecular formula is C13H20N4O. The van der Waals surface area contributed by atoms with Crippen LogP contribution in [-0.2, 0) is 0 Å². The Hall–Kier alpha value is -1.36. The molecule has 1 atom stereocenters. The SMILES string of the molecule is O=C(c1cn[nH]c1[C@@H]1CCCCN1)N1CCCC1. The monoisotopic (exact) mass is 248 g/mol. The molecule has 0 unspecified atom stereocenters. The summed E-state index contributed by atoms with van der Waals surface area (Å²) in [6.45, 7) is 2.81. The number of likely N-dealkylation sites (tertiary alicyclic amines) is 1. The maximum Gasteiger partial charge on any atom is 0.257 e. The van der Waals surface area contributed by atoms with Gasteiger partial charge in [-0.25, -0.2) is 0 Å². The Labute approximate surface area is 107 Å². The molecule has 2 aliphatic rings. The summed E-state index contributed by atoms with van der Waals surface area (Å²) < 4.78 is 0. The Morgan fingerprint density at radius 1 is 1.28 bits per heavy atom. The Bertz CT molecular complexity index is 416. The van der Waals surface area contributed by atoms with Crippen LogP contribution in [0.2, 0.25) is 0 Å². The van der Waals surface area contributed by atoms with Gasteiger partial charge in [-0.2, -0.15) is 5.10 Å². The summed E-state index contributed by atoms with van der Waals surface area (Å²) in [7, 11) is 0. The number of piperidine rings is 1. The van der Waals surface area contributed by atoms with E-state index in [-0.39, 0.29) is 11.9 Å². The van der Waals surface area contributed by atoms with Crippen molar-refractivity contribution < 1.29 is 4.79 Å². The number of nitrogens with zero attached hydrogens (tertiary/aromatic N) is 2. The highest BCUT2D eigenvalue weighted by Gasteiger charge is 2.27. The molecule has 5 nitrogen and oxygen atoms in total. The van der Waals surface area contributed by atoms with Crippen LogP contribution < -0.4 is 5.32 Å². The van der Waals surface area contributed by atoms with Crippen LogP contribution >= 0.6 is 0 Å². The first kappa shape index (κ1) is 11.7. The summed E-state index contributed by atoms with van der Waals surface area (Å²) in [6.07, 6.45) is 7.46. The van der Waals surface area contributed by atoms with E-state index in [9.17, 15) is 4.79 Å². The highest BCUT2D eigenvalue weighted by molar-refractivity contribution is 5.95. The van der Waals surface area contributed by atoms with Gasteiger partial charge in [0, 0.05) is 19.1 Å². The highest BCUT2D eigenvalue weighted by atomic mass is 16.2. The zero-order valence-electron chi connectivity index (χ0n) is 10.6. The molecule has 1 amide bonds. The van der Waals surface area contributed by atoms with E-state index < -0.39 is 0 Å². The van der Waals surface area contributed by atoms with Gasteiger partial charge in [-0.1, -0.05) is 6.42 Å². The van der Waals surface area contributed by atoms with E-state index in [1.165, 1.54) is 12.8 Å². The molecule has 0 saturated carbocycles. The molecule has 2 saturated heterocycles. The Kier molecular flexibility index (Phi) is 3.32. The van der Waals surface area contributed by atoms with Crippen LogP contribution in [0.3, 0.4) is 0 Å². The number of nitrogens with one attached hydrogen (secondary N) is 2. The average Bonchev–Trinajstić information content (AvgIpc) is 3.10. The molecule has 0 aliphatic carbocycles. The highest BCUT2D eigenvalue weighted by Crippen LogP contribution is 2.25. The van der Waals surface area contributed by atoms with E-state index in [0.717, 1.165) is 50.2 Å². The number of hydrogen-bond acceptors (Lipinski definition) is 3. The molecule has 2 fully saturated rings. The fraction of sp³-hybridized carbons (Fsp3) is 0.692. The maximum atomic E-state index is 12.4. The number of hydrogen-bond donors (Lipinski definition) is 2. The lowest BCUT2D eigenvalue weighted by Crippen LogP contribution is -2.32. The van der Waals surface area contributed by atoms with Gasteiger partial charge < -0.3 is 10.2 Å².